The molecule has 132 valence electrons. The molecule has 2 rings (SSSR count). The molecule has 1 aromatic rings. The summed E-state index contributed by atoms with van der Waals surface area (Å²) in [6, 6.07) is 0. The van der Waals surface area contributed by atoms with E-state index in [0.717, 1.165) is 11.1 Å². The molecule has 0 unspecified atom stereocenters. The number of carbonyl (C=O) groups excluding carboxylic acids is 1. The van der Waals surface area contributed by atoms with E-state index in [-0.39, 0.29) is 12.2 Å². The number of nitrogens with zero attached hydrogens (tertiary/aromatic N) is 1. The van der Waals surface area contributed by atoms with Crippen molar-refractivity contribution >= 4 is 29.2 Å². The second-order valence-electron chi connectivity index (χ2n) is 6.66. The lowest BCUT2D eigenvalue weighted by Crippen LogP contribution is -2.48. The fraction of sp³-hybridized carbons (Fsp3) is 0.316. The molecule has 1 aromatic heterocycles. The summed E-state index contributed by atoms with van der Waals surface area (Å²) in [5, 5.41) is 22.8. The minimum Gasteiger partial charge on any atom is -0.478 e. The Bertz CT molecular complexity index is 784. The molecule has 0 saturated heterocycles. The molecule has 0 spiro atoms. The van der Waals surface area contributed by atoms with Crippen LogP contribution in [0.2, 0.25) is 0 Å². The largest absolute Gasteiger partial charge is 0.478 e. The van der Waals surface area contributed by atoms with Gasteiger partial charge in [0, 0.05) is 29.5 Å². The maximum atomic E-state index is 12.1. The lowest BCUT2D eigenvalue weighted by atomic mass is 9.64. The summed E-state index contributed by atoms with van der Waals surface area (Å²) in [5.41, 5.74) is -1.18. The summed E-state index contributed by atoms with van der Waals surface area (Å²) in [6.45, 7) is 5.27. The van der Waals surface area contributed by atoms with Crippen molar-refractivity contribution in [2.75, 3.05) is 0 Å². The minimum absolute atomic E-state index is 0.0559. The van der Waals surface area contributed by atoms with Gasteiger partial charge in [-0.05, 0) is 36.3 Å². The van der Waals surface area contributed by atoms with Gasteiger partial charge in [-0.15, -0.1) is 11.3 Å². The Morgan fingerprint density at radius 3 is 2.68 bits per heavy atom. The van der Waals surface area contributed by atoms with E-state index in [1.165, 1.54) is 17.4 Å². The van der Waals surface area contributed by atoms with Gasteiger partial charge in [-0.3, -0.25) is 4.79 Å². The average molecular weight is 359 g/mol. The molecule has 0 aromatic carbocycles. The van der Waals surface area contributed by atoms with Gasteiger partial charge in [0.05, 0.1) is 0 Å². The van der Waals surface area contributed by atoms with Crippen LogP contribution in [0.25, 0.3) is 6.08 Å². The predicted molar refractivity (Wildman–Crippen MR) is 98.1 cm³/mol. The van der Waals surface area contributed by atoms with Crippen molar-refractivity contribution in [3.63, 3.8) is 0 Å². The van der Waals surface area contributed by atoms with Gasteiger partial charge in [0.1, 0.15) is 10.6 Å². The number of aliphatic carboxylic acids is 1. The fourth-order valence-electron chi connectivity index (χ4n) is 2.77. The number of carbonyl (C=O) groups is 2. The summed E-state index contributed by atoms with van der Waals surface area (Å²) < 4.78 is 0. The lowest BCUT2D eigenvalue weighted by molar-refractivity contribution is -0.131. The van der Waals surface area contributed by atoms with Crippen LogP contribution in [0.3, 0.4) is 0 Å². The Hall–Kier alpha value is -2.31. The van der Waals surface area contributed by atoms with E-state index in [2.05, 4.69) is 4.98 Å². The van der Waals surface area contributed by atoms with Gasteiger partial charge >= 0.3 is 5.97 Å². The number of carboxylic acid groups (broad SMARTS) is 1. The first-order valence-corrected chi connectivity index (χ1v) is 8.67. The molecule has 0 aliphatic heterocycles. The van der Waals surface area contributed by atoms with Crippen molar-refractivity contribution in [2.45, 2.75) is 32.8 Å². The van der Waals surface area contributed by atoms with Gasteiger partial charge in [-0.25, -0.2) is 9.78 Å². The summed E-state index contributed by atoms with van der Waals surface area (Å²) >= 11 is 1.45. The Kier molecular flexibility index (Phi) is 5.55. The van der Waals surface area contributed by atoms with Crippen LogP contribution in [0.4, 0.5) is 0 Å². The minimum atomic E-state index is -1.40. The standard InChI is InChI=1S/C19H21NO4S/c1-13(10-17(22)23)6-7-19(24)14(4-5-16-20-8-9-25-16)11-15(21)12-18(19,2)3/h4-11,24H,12H2,1-3H3,(H,22,23)/b5-4+,7-6+,13-10-/t19-/m1/s1. The van der Waals surface area contributed by atoms with E-state index in [9.17, 15) is 14.7 Å². The third kappa shape index (κ3) is 4.41. The van der Waals surface area contributed by atoms with Gasteiger partial charge in [-0.2, -0.15) is 0 Å². The molecular weight excluding hydrogens is 338 g/mol. The van der Waals surface area contributed by atoms with Crippen molar-refractivity contribution in [1.29, 1.82) is 0 Å². The highest BCUT2D eigenvalue weighted by molar-refractivity contribution is 7.10. The molecule has 5 nitrogen and oxygen atoms in total. The monoisotopic (exact) mass is 359 g/mol. The third-order valence-electron chi connectivity index (χ3n) is 4.20. The van der Waals surface area contributed by atoms with Crippen LogP contribution in [0, 0.1) is 5.41 Å². The van der Waals surface area contributed by atoms with Gasteiger partial charge in [0.15, 0.2) is 5.78 Å². The van der Waals surface area contributed by atoms with Gasteiger partial charge in [0.25, 0.3) is 0 Å². The second-order valence-corrected chi connectivity index (χ2v) is 7.58. The molecule has 0 fully saturated rings. The molecule has 25 heavy (non-hydrogen) atoms. The molecule has 0 amide bonds. The molecular formula is C19H21NO4S. The Balaban J connectivity index is 2.44. The number of allylic oxidation sites excluding steroid dienone is 3. The first-order valence-electron chi connectivity index (χ1n) is 7.79. The normalized spacial score (nSPS) is 24.1. The van der Waals surface area contributed by atoms with Crippen LogP contribution < -0.4 is 0 Å². The van der Waals surface area contributed by atoms with Gasteiger partial charge < -0.3 is 10.2 Å². The van der Waals surface area contributed by atoms with Crippen LogP contribution in [-0.2, 0) is 9.59 Å². The molecule has 2 N–H and O–H groups in total. The van der Waals surface area contributed by atoms with Gasteiger partial charge in [0.2, 0.25) is 0 Å². The topological polar surface area (TPSA) is 87.5 Å². The van der Waals surface area contributed by atoms with E-state index in [0.29, 0.717) is 11.1 Å². The Morgan fingerprint density at radius 2 is 2.08 bits per heavy atom. The number of thiazole rings is 1. The predicted octanol–water partition coefficient (Wildman–Crippen LogP) is 3.40. The zero-order valence-electron chi connectivity index (χ0n) is 14.4. The molecule has 1 atom stereocenters. The quantitative estimate of drug-likeness (QED) is 0.621. The maximum Gasteiger partial charge on any atom is 0.328 e. The SMILES string of the molecule is CC(=C/C(=O)O)/C=C/[C@@]1(O)C(/C=C/c2nccs2)=CC(=O)CC1(C)C. The van der Waals surface area contributed by atoms with E-state index in [1.807, 2.05) is 19.2 Å². The van der Waals surface area contributed by atoms with Crippen molar-refractivity contribution in [2.24, 2.45) is 5.41 Å². The summed E-state index contributed by atoms with van der Waals surface area (Å²) in [6.07, 6.45) is 11.0. The maximum absolute atomic E-state index is 12.1. The number of hydrogen-bond acceptors (Lipinski definition) is 5. The number of aromatic nitrogens is 1. The summed E-state index contributed by atoms with van der Waals surface area (Å²) in [4.78, 5) is 27.0. The highest BCUT2D eigenvalue weighted by Crippen LogP contribution is 2.45. The van der Waals surface area contributed by atoms with Crippen molar-refractivity contribution in [1.82, 2.24) is 4.98 Å². The van der Waals surface area contributed by atoms with Crippen LogP contribution in [0.1, 0.15) is 32.2 Å². The number of hydrogen-bond donors (Lipinski definition) is 2. The molecule has 1 heterocycles. The van der Waals surface area contributed by atoms with Crippen LogP contribution in [0.15, 0.2) is 53.1 Å². The third-order valence-corrected chi connectivity index (χ3v) is 4.94. The first-order chi connectivity index (χ1) is 11.6. The zero-order chi connectivity index (χ0) is 18.7. The Morgan fingerprint density at radius 1 is 1.36 bits per heavy atom. The number of carboxylic acids is 1. The first kappa shape index (κ1) is 19.0. The Labute approximate surface area is 150 Å². The summed E-state index contributed by atoms with van der Waals surface area (Å²) in [5.74, 6) is -1.11. The van der Waals surface area contributed by atoms with E-state index in [4.69, 9.17) is 5.11 Å². The smallest absolute Gasteiger partial charge is 0.328 e. The average Bonchev–Trinajstić information content (AvgIpc) is 2.99. The number of rotatable bonds is 5. The zero-order valence-corrected chi connectivity index (χ0v) is 15.2. The van der Waals surface area contributed by atoms with Crippen LogP contribution in [0.5, 0.6) is 0 Å². The lowest BCUT2D eigenvalue weighted by Gasteiger charge is -2.44. The number of ketones is 1. The van der Waals surface area contributed by atoms with Crippen LogP contribution in [-0.4, -0.2) is 32.6 Å². The van der Waals surface area contributed by atoms with Gasteiger partial charge in [-0.1, -0.05) is 26.0 Å². The van der Waals surface area contributed by atoms with Crippen molar-refractivity contribution < 1.29 is 19.8 Å². The molecule has 0 radical (unpaired) electrons. The van der Waals surface area contributed by atoms with Crippen molar-refractivity contribution in [3.8, 4) is 0 Å². The molecule has 1 aliphatic rings. The van der Waals surface area contributed by atoms with Crippen LogP contribution >= 0.6 is 11.3 Å². The van der Waals surface area contributed by atoms with E-state index < -0.39 is 17.0 Å². The summed E-state index contributed by atoms with van der Waals surface area (Å²) in [7, 11) is 0. The van der Waals surface area contributed by atoms with Crippen molar-refractivity contribution in [3.05, 3.63) is 58.1 Å². The highest BCUT2D eigenvalue weighted by atomic mass is 32.1. The highest BCUT2D eigenvalue weighted by Gasteiger charge is 2.47. The fourth-order valence-corrected chi connectivity index (χ4v) is 3.29. The molecule has 1 aliphatic carbocycles. The molecule has 0 bridgehead atoms. The second kappa shape index (κ2) is 7.29. The number of aliphatic hydroxyl groups is 1. The van der Waals surface area contributed by atoms with E-state index >= 15 is 0 Å². The van der Waals surface area contributed by atoms with E-state index in [1.54, 1.807) is 37.4 Å². The molecule has 0 saturated carbocycles. The molecule has 6 heteroatoms.